The van der Waals surface area contributed by atoms with E-state index in [4.69, 9.17) is 9.57 Å². The van der Waals surface area contributed by atoms with Gasteiger partial charge in [0, 0.05) is 31.6 Å². The molecule has 1 aliphatic rings. The molecule has 2 rings (SSSR count). The van der Waals surface area contributed by atoms with Crippen LogP contribution in [0.25, 0.3) is 0 Å². The zero-order valence-corrected chi connectivity index (χ0v) is 9.63. The van der Waals surface area contributed by atoms with E-state index in [0.29, 0.717) is 6.61 Å². The topological polar surface area (TPSA) is 47.5 Å². The lowest BCUT2D eigenvalue weighted by molar-refractivity contribution is 0.0776. The van der Waals surface area contributed by atoms with E-state index in [0.717, 1.165) is 43.4 Å². The molecule has 5 nitrogen and oxygen atoms in total. The number of methoxy groups -OCH3 is 1. The van der Waals surface area contributed by atoms with E-state index in [1.165, 1.54) is 11.5 Å². The Hall–Kier alpha value is -0.720. The van der Waals surface area contributed by atoms with Crippen LogP contribution in [-0.2, 0) is 16.0 Å². The van der Waals surface area contributed by atoms with Crippen molar-refractivity contribution >= 4 is 16.7 Å². The first-order valence-electron chi connectivity index (χ1n) is 5.12. The van der Waals surface area contributed by atoms with Gasteiger partial charge in [0.1, 0.15) is 5.82 Å². The molecule has 1 aromatic heterocycles. The van der Waals surface area contributed by atoms with Crippen LogP contribution in [0.3, 0.4) is 0 Å². The second-order valence-electron chi connectivity index (χ2n) is 3.38. The Labute approximate surface area is 93.1 Å². The summed E-state index contributed by atoms with van der Waals surface area (Å²) in [5.74, 6) is 0.839. The predicted octanol–water partition coefficient (Wildman–Crippen LogP) is 1.26. The van der Waals surface area contributed by atoms with Crippen LogP contribution in [-0.4, -0.2) is 36.2 Å². The Morgan fingerprint density at radius 2 is 2.47 bits per heavy atom. The van der Waals surface area contributed by atoms with Crippen molar-refractivity contribution in [2.45, 2.75) is 19.3 Å². The molecule has 0 aliphatic carbocycles. The molecule has 0 bridgehead atoms. The Balaban J connectivity index is 1.93. The third kappa shape index (κ3) is 2.87. The van der Waals surface area contributed by atoms with Crippen LogP contribution in [0.1, 0.15) is 18.7 Å². The van der Waals surface area contributed by atoms with E-state index in [1.54, 1.807) is 7.11 Å². The standard InChI is InChI=1S/C9H15N3O2S/c1-13-7-4-8-10-9(15-11-8)12-5-2-3-6-14-12/h2-7H2,1H3. The van der Waals surface area contributed by atoms with Gasteiger partial charge in [-0.05, 0) is 12.8 Å². The fraction of sp³-hybridized carbons (Fsp3) is 0.778. The third-order valence-electron chi connectivity index (χ3n) is 2.20. The maximum absolute atomic E-state index is 5.49. The number of rotatable bonds is 4. The van der Waals surface area contributed by atoms with Crippen molar-refractivity contribution in [2.24, 2.45) is 0 Å². The summed E-state index contributed by atoms with van der Waals surface area (Å²) in [6.45, 7) is 2.36. The molecule has 0 N–H and O–H groups in total. The van der Waals surface area contributed by atoms with Gasteiger partial charge in [0.25, 0.3) is 0 Å². The quantitative estimate of drug-likeness (QED) is 0.778. The van der Waals surface area contributed by atoms with Gasteiger partial charge in [-0.1, -0.05) is 0 Å². The minimum Gasteiger partial charge on any atom is -0.384 e. The molecule has 0 saturated carbocycles. The Kier molecular flexibility index (Phi) is 3.87. The van der Waals surface area contributed by atoms with E-state index in [9.17, 15) is 0 Å². The van der Waals surface area contributed by atoms with E-state index in [-0.39, 0.29) is 0 Å². The molecular weight excluding hydrogens is 214 g/mol. The highest BCUT2D eigenvalue weighted by Crippen LogP contribution is 2.20. The maximum Gasteiger partial charge on any atom is 0.229 e. The molecule has 0 amide bonds. The Morgan fingerprint density at radius 3 is 3.20 bits per heavy atom. The molecule has 1 aliphatic heterocycles. The van der Waals surface area contributed by atoms with E-state index < -0.39 is 0 Å². The fourth-order valence-corrected chi connectivity index (χ4v) is 2.09. The SMILES string of the molecule is COCCc1nsc(N2CCCCO2)n1. The van der Waals surface area contributed by atoms with Gasteiger partial charge in [-0.15, -0.1) is 0 Å². The number of anilines is 1. The lowest BCUT2D eigenvalue weighted by Crippen LogP contribution is -2.29. The number of ether oxygens (including phenoxy) is 1. The first kappa shape index (κ1) is 10.8. The van der Waals surface area contributed by atoms with Crippen LogP contribution < -0.4 is 5.06 Å². The van der Waals surface area contributed by atoms with Crippen molar-refractivity contribution in [3.8, 4) is 0 Å². The lowest BCUT2D eigenvalue weighted by atomic mass is 10.3. The molecule has 0 aromatic carbocycles. The number of nitrogens with zero attached hydrogens (tertiary/aromatic N) is 3. The first-order chi connectivity index (χ1) is 7.40. The summed E-state index contributed by atoms with van der Waals surface area (Å²) in [6, 6.07) is 0. The highest BCUT2D eigenvalue weighted by molar-refractivity contribution is 7.09. The molecule has 0 spiro atoms. The number of hydroxylamine groups is 1. The van der Waals surface area contributed by atoms with Crippen molar-refractivity contribution in [3.63, 3.8) is 0 Å². The predicted molar refractivity (Wildman–Crippen MR) is 58.0 cm³/mol. The second-order valence-corrected chi connectivity index (χ2v) is 4.11. The zero-order valence-electron chi connectivity index (χ0n) is 8.81. The zero-order chi connectivity index (χ0) is 10.5. The summed E-state index contributed by atoms with van der Waals surface area (Å²) in [5.41, 5.74) is 0. The van der Waals surface area contributed by atoms with Crippen LogP contribution >= 0.6 is 11.5 Å². The maximum atomic E-state index is 5.49. The smallest absolute Gasteiger partial charge is 0.229 e. The molecule has 0 atom stereocenters. The van der Waals surface area contributed by atoms with Crippen molar-refractivity contribution in [1.82, 2.24) is 9.36 Å². The molecule has 1 aromatic rings. The number of hydrogen-bond donors (Lipinski definition) is 0. The van der Waals surface area contributed by atoms with Crippen LogP contribution in [0.4, 0.5) is 5.13 Å². The van der Waals surface area contributed by atoms with Gasteiger partial charge in [0.05, 0.1) is 13.2 Å². The fourth-order valence-electron chi connectivity index (χ4n) is 1.39. The van der Waals surface area contributed by atoms with E-state index >= 15 is 0 Å². The van der Waals surface area contributed by atoms with Gasteiger partial charge >= 0.3 is 0 Å². The normalized spacial score (nSPS) is 17.0. The van der Waals surface area contributed by atoms with Crippen molar-refractivity contribution in [1.29, 1.82) is 0 Å². The molecule has 1 fully saturated rings. The number of hydrogen-bond acceptors (Lipinski definition) is 6. The van der Waals surface area contributed by atoms with Gasteiger partial charge in [0.15, 0.2) is 0 Å². The summed E-state index contributed by atoms with van der Waals surface area (Å²) in [6.07, 6.45) is 3.06. The minimum absolute atomic E-state index is 0.664. The molecule has 84 valence electrons. The summed E-state index contributed by atoms with van der Waals surface area (Å²) in [4.78, 5) is 9.89. The van der Waals surface area contributed by atoms with Gasteiger partial charge in [0.2, 0.25) is 5.13 Å². The van der Waals surface area contributed by atoms with Crippen LogP contribution in [0, 0.1) is 0 Å². The minimum atomic E-state index is 0.664. The van der Waals surface area contributed by atoms with Crippen molar-refractivity contribution in [3.05, 3.63) is 5.82 Å². The van der Waals surface area contributed by atoms with Gasteiger partial charge in [-0.25, -0.2) is 10.0 Å². The largest absolute Gasteiger partial charge is 0.384 e. The number of aromatic nitrogens is 2. The van der Waals surface area contributed by atoms with Gasteiger partial charge < -0.3 is 4.74 Å². The van der Waals surface area contributed by atoms with Crippen LogP contribution in [0.5, 0.6) is 0 Å². The average molecular weight is 229 g/mol. The first-order valence-corrected chi connectivity index (χ1v) is 5.89. The monoisotopic (exact) mass is 229 g/mol. The second kappa shape index (κ2) is 5.39. The summed E-state index contributed by atoms with van der Waals surface area (Å²) < 4.78 is 9.24. The molecule has 2 heterocycles. The van der Waals surface area contributed by atoms with Crippen LogP contribution in [0.2, 0.25) is 0 Å². The van der Waals surface area contributed by atoms with Crippen LogP contribution in [0.15, 0.2) is 0 Å². The molecule has 0 unspecified atom stereocenters. The third-order valence-corrected chi connectivity index (χ3v) is 2.96. The average Bonchev–Trinajstić information content (AvgIpc) is 2.76. The molecular formula is C9H15N3O2S. The summed E-state index contributed by atoms with van der Waals surface area (Å²) in [7, 11) is 1.68. The molecule has 15 heavy (non-hydrogen) atoms. The van der Waals surface area contributed by atoms with Gasteiger partial charge in [-0.2, -0.15) is 4.37 Å². The van der Waals surface area contributed by atoms with Gasteiger partial charge in [-0.3, -0.25) is 4.84 Å². The highest BCUT2D eigenvalue weighted by atomic mass is 32.1. The lowest BCUT2D eigenvalue weighted by Gasteiger charge is -2.24. The van der Waals surface area contributed by atoms with Crippen molar-refractivity contribution < 1.29 is 9.57 Å². The summed E-state index contributed by atoms with van der Waals surface area (Å²) >= 11 is 1.39. The molecule has 0 radical (unpaired) electrons. The highest BCUT2D eigenvalue weighted by Gasteiger charge is 2.16. The Bertz CT molecular complexity index is 299. The van der Waals surface area contributed by atoms with E-state index in [2.05, 4.69) is 9.36 Å². The Morgan fingerprint density at radius 1 is 1.53 bits per heavy atom. The molecule has 6 heteroatoms. The van der Waals surface area contributed by atoms with Crippen molar-refractivity contribution in [2.75, 3.05) is 31.9 Å². The molecule has 1 saturated heterocycles. The van der Waals surface area contributed by atoms with E-state index in [1.807, 2.05) is 5.06 Å². The summed E-state index contributed by atoms with van der Waals surface area (Å²) in [5, 5.41) is 2.71.